The predicted octanol–water partition coefficient (Wildman–Crippen LogP) is 4.00. The first-order valence-corrected chi connectivity index (χ1v) is 8.75. The summed E-state index contributed by atoms with van der Waals surface area (Å²) < 4.78 is 1.54. The Morgan fingerprint density at radius 3 is 2.74 bits per heavy atom. The Bertz CT molecular complexity index is 681. The predicted molar refractivity (Wildman–Crippen MR) is 94.4 cm³/mol. The lowest BCUT2D eigenvalue weighted by molar-refractivity contribution is -0.392. The number of rotatable bonds is 8. The van der Waals surface area contributed by atoms with Gasteiger partial charge < -0.3 is 10.1 Å². The summed E-state index contributed by atoms with van der Waals surface area (Å²) in [5, 5.41) is 12.8. The zero-order chi connectivity index (χ0) is 16.8. The highest BCUT2D eigenvalue weighted by atomic mass is 79.9. The first-order valence-electron chi connectivity index (χ1n) is 6.88. The van der Waals surface area contributed by atoms with Crippen LogP contribution in [0.2, 0.25) is 10.0 Å². The molecule has 1 heterocycles. The Morgan fingerprint density at radius 2 is 2.09 bits per heavy atom. The first-order chi connectivity index (χ1) is 11.0. The van der Waals surface area contributed by atoms with Crippen LogP contribution < -0.4 is 0 Å². The molecule has 0 unspecified atom stereocenters. The Balaban J connectivity index is 2.02. The quantitative estimate of drug-likeness (QED) is 0.367. The number of hydrogen-bond donors (Lipinski definition) is 0. The standard InChI is InChI=1S/C14H15BrCl2N4O2/c15-3-4-19(9-11-1-2-12(16)13(17)7-11)5-6-20-10-18-8-14(20)21(22)23/h1-2,7-8,10H,3-6,9H2. The number of hydrogen-bond acceptors (Lipinski definition) is 4. The normalized spacial score (nSPS) is 11.1. The zero-order valence-corrected chi connectivity index (χ0v) is 15.3. The Kier molecular flexibility index (Phi) is 6.83. The van der Waals surface area contributed by atoms with Crippen LogP contribution in [0.5, 0.6) is 0 Å². The summed E-state index contributed by atoms with van der Waals surface area (Å²) in [6, 6.07) is 5.53. The number of aromatic nitrogens is 2. The summed E-state index contributed by atoms with van der Waals surface area (Å²) in [7, 11) is 0. The highest BCUT2D eigenvalue weighted by Crippen LogP contribution is 2.23. The van der Waals surface area contributed by atoms with E-state index in [1.165, 1.54) is 17.1 Å². The Morgan fingerprint density at radius 1 is 1.30 bits per heavy atom. The average molecular weight is 422 g/mol. The molecule has 0 spiro atoms. The SMILES string of the molecule is O=[N+]([O-])c1cncn1CCN(CCBr)Cc1ccc(Cl)c(Cl)c1. The maximum absolute atomic E-state index is 10.9. The van der Waals surface area contributed by atoms with Crippen LogP contribution in [0.4, 0.5) is 5.82 Å². The van der Waals surface area contributed by atoms with Crippen molar-refractivity contribution in [2.75, 3.05) is 18.4 Å². The molecule has 0 bridgehead atoms. The van der Waals surface area contributed by atoms with Gasteiger partial charge >= 0.3 is 5.82 Å². The van der Waals surface area contributed by atoms with Gasteiger partial charge in [0.25, 0.3) is 0 Å². The summed E-state index contributed by atoms with van der Waals surface area (Å²) in [4.78, 5) is 16.5. The molecule has 0 fully saturated rings. The molecule has 6 nitrogen and oxygen atoms in total. The van der Waals surface area contributed by atoms with Crippen molar-refractivity contribution < 1.29 is 4.92 Å². The second-order valence-corrected chi connectivity index (χ2v) is 6.52. The zero-order valence-electron chi connectivity index (χ0n) is 12.2. The van der Waals surface area contributed by atoms with Gasteiger partial charge in [-0.2, -0.15) is 0 Å². The van der Waals surface area contributed by atoms with Gasteiger partial charge in [-0.15, -0.1) is 0 Å². The third-order valence-electron chi connectivity index (χ3n) is 3.33. The van der Waals surface area contributed by atoms with Crippen LogP contribution in [0.25, 0.3) is 0 Å². The van der Waals surface area contributed by atoms with Crippen molar-refractivity contribution in [3.63, 3.8) is 0 Å². The highest BCUT2D eigenvalue weighted by molar-refractivity contribution is 9.09. The molecule has 0 radical (unpaired) electrons. The first kappa shape index (κ1) is 18.2. The topological polar surface area (TPSA) is 64.2 Å². The average Bonchev–Trinajstić information content (AvgIpc) is 2.97. The summed E-state index contributed by atoms with van der Waals surface area (Å²) in [6.45, 7) is 2.64. The monoisotopic (exact) mass is 420 g/mol. The minimum Gasteiger partial charge on any atom is -0.358 e. The minimum absolute atomic E-state index is 0.00155. The lowest BCUT2D eigenvalue weighted by atomic mass is 10.2. The van der Waals surface area contributed by atoms with Gasteiger partial charge in [0.15, 0.2) is 6.33 Å². The van der Waals surface area contributed by atoms with Gasteiger partial charge in [0.05, 0.1) is 10.0 Å². The second-order valence-electron chi connectivity index (χ2n) is 4.92. The third kappa shape index (κ3) is 5.17. The summed E-state index contributed by atoms with van der Waals surface area (Å²) in [5.74, 6) is -0.00155. The molecule has 0 aliphatic heterocycles. The van der Waals surface area contributed by atoms with E-state index in [1.807, 2.05) is 12.1 Å². The fourth-order valence-corrected chi connectivity index (χ4v) is 3.00. The van der Waals surface area contributed by atoms with Crippen LogP contribution in [-0.4, -0.2) is 37.8 Å². The number of nitro groups is 1. The van der Waals surface area contributed by atoms with E-state index in [4.69, 9.17) is 23.2 Å². The molecule has 0 saturated carbocycles. The van der Waals surface area contributed by atoms with Crippen molar-refractivity contribution in [3.05, 3.63) is 56.4 Å². The summed E-state index contributed by atoms with van der Waals surface area (Å²) >= 11 is 15.4. The van der Waals surface area contributed by atoms with Gasteiger partial charge in [0.2, 0.25) is 0 Å². The maximum atomic E-state index is 10.9. The largest absolute Gasteiger partial charge is 0.358 e. The number of alkyl halides is 1. The Hall–Kier alpha value is -1.15. The number of nitrogens with zero attached hydrogens (tertiary/aromatic N) is 4. The van der Waals surface area contributed by atoms with Crippen LogP contribution >= 0.6 is 39.1 Å². The third-order valence-corrected chi connectivity index (χ3v) is 4.42. The lowest BCUT2D eigenvalue weighted by Crippen LogP contribution is -2.29. The highest BCUT2D eigenvalue weighted by Gasteiger charge is 2.14. The molecule has 0 aliphatic rings. The van der Waals surface area contributed by atoms with Crippen molar-refractivity contribution in [3.8, 4) is 0 Å². The van der Waals surface area contributed by atoms with Crippen molar-refractivity contribution in [1.29, 1.82) is 0 Å². The van der Waals surface area contributed by atoms with E-state index in [0.29, 0.717) is 29.7 Å². The van der Waals surface area contributed by atoms with Crippen LogP contribution in [0, 0.1) is 10.1 Å². The van der Waals surface area contributed by atoms with Crippen LogP contribution in [-0.2, 0) is 13.1 Å². The minimum atomic E-state index is -0.430. The summed E-state index contributed by atoms with van der Waals surface area (Å²) in [5.41, 5.74) is 1.04. The van der Waals surface area contributed by atoms with Gasteiger partial charge in [0.1, 0.15) is 12.7 Å². The van der Waals surface area contributed by atoms with E-state index < -0.39 is 4.92 Å². The maximum Gasteiger partial charge on any atom is 0.342 e. The fourth-order valence-electron chi connectivity index (χ4n) is 2.17. The molecule has 0 N–H and O–H groups in total. The second kappa shape index (κ2) is 8.63. The molecule has 23 heavy (non-hydrogen) atoms. The number of halogens is 3. The van der Waals surface area contributed by atoms with Gasteiger partial charge in [-0.3, -0.25) is 4.90 Å². The van der Waals surface area contributed by atoms with E-state index in [1.54, 1.807) is 6.07 Å². The van der Waals surface area contributed by atoms with E-state index >= 15 is 0 Å². The lowest BCUT2D eigenvalue weighted by Gasteiger charge is -2.20. The van der Waals surface area contributed by atoms with E-state index in [-0.39, 0.29) is 5.82 Å². The summed E-state index contributed by atoms with van der Waals surface area (Å²) in [6.07, 6.45) is 2.73. The van der Waals surface area contributed by atoms with Crippen molar-refractivity contribution in [1.82, 2.24) is 14.5 Å². The van der Waals surface area contributed by atoms with Crippen molar-refractivity contribution in [2.45, 2.75) is 13.1 Å². The van der Waals surface area contributed by atoms with Gasteiger partial charge in [-0.05, 0) is 22.6 Å². The number of benzene rings is 1. The molecule has 1 aromatic carbocycles. The molecule has 2 aromatic rings. The molecule has 0 aliphatic carbocycles. The van der Waals surface area contributed by atoms with Crippen molar-refractivity contribution >= 4 is 44.9 Å². The van der Waals surface area contributed by atoms with E-state index in [9.17, 15) is 10.1 Å². The van der Waals surface area contributed by atoms with Crippen LogP contribution in [0.15, 0.2) is 30.7 Å². The Labute approximate surface area is 152 Å². The van der Waals surface area contributed by atoms with E-state index in [0.717, 1.165) is 17.4 Å². The molecular weight excluding hydrogens is 407 g/mol. The molecule has 0 atom stereocenters. The molecular formula is C14H15BrCl2N4O2. The number of imidazole rings is 1. The molecule has 0 saturated heterocycles. The van der Waals surface area contributed by atoms with Crippen LogP contribution in [0.3, 0.4) is 0 Å². The molecule has 0 amide bonds. The smallest absolute Gasteiger partial charge is 0.342 e. The van der Waals surface area contributed by atoms with Gasteiger partial charge in [-0.25, -0.2) is 9.55 Å². The molecule has 1 aromatic heterocycles. The van der Waals surface area contributed by atoms with E-state index in [2.05, 4.69) is 25.8 Å². The van der Waals surface area contributed by atoms with Gasteiger partial charge in [-0.1, -0.05) is 45.2 Å². The van der Waals surface area contributed by atoms with Gasteiger partial charge in [0, 0.05) is 25.0 Å². The van der Waals surface area contributed by atoms with Crippen LogP contribution in [0.1, 0.15) is 5.56 Å². The molecule has 124 valence electrons. The fraction of sp³-hybridized carbons (Fsp3) is 0.357. The molecule has 9 heteroatoms. The van der Waals surface area contributed by atoms with Crippen molar-refractivity contribution in [2.24, 2.45) is 0 Å². The molecule has 2 rings (SSSR count).